The van der Waals surface area contributed by atoms with E-state index in [2.05, 4.69) is 10.3 Å². The molecular weight excluding hydrogens is 336 g/mol. The van der Waals surface area contributed by atoms with Crippen LogP contribution in [0.3, 0.4) is 0 Å². The lowest BCUT2D eigenvalue weighted by Gasteiger charge is -2.09. The Morgan fingerprint density at radius 3 is 2.50 bits per heavy atom. The molecular formula is C20H19F2N3O. The fourth-order valence-corrected chi connectivity index (χ4v) is 3.00. The molecule has 0 aliphatic rings. The van der Waals surface area contributed by atoms with Gasteiger partial charge in [0.05, 0.1) is 5.56 Å². The van der Waals surface area contributed by atoms with Gasteiger partial charge in [0, 0.05) is 30.2 Å². The zero-order valence-electron chi connectivity index (χ0n) is 14.6. The zero-order chi connectivity index (χ0) is 18.7. The van der Waals surface area contributed by atoms with Gasteiger partial charge in [0.2, 0.25) is 0 Å². The average Bonchev–Trinajstić information content (AvgIpc) is 2.89. The Hall–Kier alpha value is -3.02. The van der Waals surface area contributed by atoms with Gasteiger partial charge in [-0.1, -0.05) is 6.07 Å². The van der Waals surface area contributed by atoms with Gasteiger partial charge < -0.3 is 9.88 Å². The van der Waals surface area contributed by atoms with E-state index in [1.807, 2.05) is 36.6 Å². The summed E-state index contributed by atoms with van der Waals surface area (Å²) in [7, 11) is 0. The fraction of sp³-hybridized carbons (Fsp3) is 0.200. The van der Waals surface area contributed by atoms with Crippen LogP contribution in [-0.4, -0.2) is 22.0 Å². The van der Waals surface area contributed by atoms with Gasteiger partial charge in [0.1, 0.15) is 17.5 Å². The van der Waals surface area contributed by atoms with Crippen molar-refractivity contribution in [3.8, 4) is 5.82 Å². The second kappa shape index (κ2) is 7.47. The highest BCUT2D eigenvalue weighted by molar-refractivity contribution is 5.95. The number of aromatic nitrogens is 2. The molecule has 2 heterocycles. The quantitative estimate of drug-likeness (QED) is 0.758. The number of nitrogens with zero attached hydrogens (tertiary/aromatic N) is 2. The molecule has 0 unspecified atom stereocenters. The van der Waals surface area contributed by atoms with Gasteiger partial charge >= 0.3 is 0 Å². The summed E-state index contributed by atoms with van der Waals surface area (Å²) >= 11 is 0. The van der Waals surface area contributed by atoms with Crippen molar-refractivity contribution < 1.29 is 13.6 Å². The predicted octanol–water partition coefficient (Wildman–Crippen LogP) is 3.74. The van der Waals surface area contributed by atoms with Crippen molar-refractivity contribution in [2.24, 2.45) is 0 Å². The van der Waals surface area contributed by atoms with Gasteiger partial charge in [-0.25, -0.2) is 13.8 Å². The van der Waals surface area contributed by atoms with E-state index >= 15 is 0 Å². The molecule has 3 aromatic rings. The third-order valence-corrected chi connectivity index (χ3v) is 4.18. The smallest absolute Gasteiger partial charge is 0.253 e. The predicted molar refractivity (Wildman–Crippen MR) is 95.4 cm³/mol. The zero-order valence-corrected chi connectivity index (χ0v) is 14.6. The summed E-state index contributed by atoms with van der Waals surface area (Å²) in [6, 6.07) is 10.8. The molecule has 0 aliphatic heterocycles. The Bertz CT molecular complexity index is 915. The first-order valence-electron chi connectivity index (χ1n) is 8.29. The lowest BCUT2D eigenvalue weighted by Crippen LogP contribution is -2.26. The molecule has 134 valence electrons. The first-order valence-corrected chi connectivity index (χ1v) is 8.29. The van der Waals surface area contributed by atoms with Crippen LogP contribution in [0.2, 0.25) is 0 Å². The monoisotopic (exact) mass is 355 g/mol. The van der Waals surface area contributed by atoms with Crippen molar-refractivity contribution in [1.29, 1.82) is 0 Å². The lowest BCUT2D eigenvalue weighted by atomic mass is 10.1. The van der Waals surface area contributed by atoms with Gasteiger partial charge in [0.25, 0.3) is 5.91 Å². The molecule has 0 spiro atoms. The summed E-state index contributed by atoms with van der Waals surface area (Å²) in [5, 5.41) is 2.80. The molecule has 0 saturated carbocycles. The summed E-state index contributed by atoms with van der Waals surface area (Å²) in [5.74, 6) is -0.718. The number of carbonyl (C=O) groups excluding carboxylic acids is 1. The van der Waals surface area contributed by atoms with Crippen LogP contribution in [0.5, 0.6) is 0 Å². The van der Waals surface area contributed by atoms with Gasteiger partial charge in [-0.15, -0.1) is 0 Å². The van der Waals surface area contributed by atoms with Crippen LogP contribution < -0.4 is 5.32 Å². The summed E-state index contributed by atoms with van der Waals surface area (Å²) < 4.78 is 28.3. The summed E-state index contributed by atoms with van der Waals surface area (Å²) in [5.41, 5.74) is 2.74. The second-order valence-corrected chi connectivity index (χ2v) is 6.09. The number of aryl methyl sites for hydroxylation is 1. The van der Waals surface area contributed by atoms with E-state index in [1.165, 1.54) is 12.1 Å². The van der Waals surface area contributed by atoms with E-state index in [-0.39, 0.29) is 12.5 Å². The molecule has 6 heteroatoms. The van der Waals surface area contributed by atoms with Crippen LogP contribution in [-0.2, 0) is 6.42 Å². The van der Waals surface area contributed by atoms with Crippen molar-refractivity contribution in [2.45, 2.75) is 20.3 Å². The van der Waals surface area contributed by atoms with Gasteiger partial charge in [-0.3, -0.25) is 4.79 Å². The number of rotatable bonds is 5. The highest BCUT2D eigenvalue weighted by Gasteiger charge is 2.16. The highest BCUT2D eigenvalue weighted by atomic mass is 19.1. The van der Waals surface area contributed by atoms with E-state index in [4.69, 9.17) is 0 Å². The largest absolute Gasteiger partial charge is 0.352 e. The maximum Gasteiger partial charge on any atom is 0.253 e. The molecule has 1 aromatic carbocycles. The number of halogens is 2. The number of amides is 1. The Morgan fingerprint density at radius 2 is 1.85 bits per heavy atom. The fourth-order valence-electron chi connectivity index (χ4n) is 3.00. The van der Waals surface area contributed by atoms with Crippen LogP contribution in [0.15, 0.2) is 48.7 Å². The third kappa shape index (κ3) is 3.79. The van der Waals surface area contributed by atoms with Crippen LogP contribution in [0.4, 0.5) is 8.78 Å². The molecule has 0 saturated heterocycles. The van der Waals surface area contributed by atoms with Crippen LogP contribution >= 0.6 is 0 Å². The summed E-state index contributed by atoms with van der Waals surface area (Å²) in [6.07, 6.45) is 2.05. The molecule has 0 aliphatic carbocycles. The molecule has 0 bridgehead atoms. The van der Waals surface area contributed by atoms with Crippen molar-refractivity contribution in [2.75, 3.05) is 6.54 Å². The molecule has 4 nitrogen and oxygen atoms in total. The minimum atomic E-state index is -0.620. The lowest BCUT2D eigenvalue weighted by molar-refractivity contribution is 0.0953. The molecule has 1 amide bonds. The van der Waals surface area contributed by atoms with E-state index in [0.29, 0.717) is 17.5 Å². The van der Waals surface area contributed by atoms with E-state index in [0.717, 1.165) is 23.3 Å². The molecule has 3 rings (SSSR count). The summed E-state index contributed by atoms with van der Waals surface area (Å²) in [6.45, 7) is 4.06. The van der Waals surface area contributed by atoms with Crippen LogP contribution in [0.25, 0.3) is 5.82 Å². The first kappa shape index (κ1) is 17.8. The summed E-state index contributed by atoms with van der Waals surface area (Å²) in [4.78, 5) is 16.8. The van der Waals surface area contributed by atoms with E-state index < -0.39 is 11.6 Å². The maximum absolute atomic E-state index is 13.2. The molecule has 26 heavy (non-hydrogen) atoms. The number of pyridine rings is 1. The van der Waals surface area contributed by atoms with Crippen molar-refractivity contribution in [3.05, 3.63) is 82.8 Å². The Kier molecular flexibility index (Phi) is 5.11. The number of hydrogen-bond acceptors (Lipinski definition) is 2. The number of nitrogens with one attached hydrogen (secondary N) is 1. The SMILES string of the molecule is Cc1cc(C(=O)NCCc2cc(F)cc(F)c2)c(C)n1-c1ccccn1. The van der Waals surface area contributed by atoms with E-state index in [9.17, 15) is 13.6 Å². The van der Waals surface area contributed by atoms with Gasteiger partial charge in [-0.05, 0) is 56.2 Å². The minimum Gasteiger partial charge on any atom is -0.352 e. The third-order valence-electron chi connectivity index (χ3n) is 4.18. The Balaban J connectivity index is 1.71. The number of benzene rings is 1. The maximum atomic E-state index is 13.2. The molecule has 0 atom stereocenters. The van der Waals surface area contributed by atoms with E-state index in [1.54, 1.807) is 12.3 Å². The van der Waals surface area contributed by atoms with Gasteiger partial charge in [-0.2, -0.15) is 0 Å². The Labute approximate surface area is 150 Å². The molecule has 0 fully saturated rings. The number of carbonyl (C=O) groups is 1. The molecule has 0 radical (unpaired) electrons. The highest BCUT2D eigenvalue weighted by Crippen LogP contribution is 2.19. The van der Waals surface area contributed by atoms with Crippen molar-refractivity contribution in [3.63, 3.8) is 0 Å². The van der Waals surface area contributed by atoms with Crippen LogP contribution in [0.1, 0.15) is 27.3 Å². The second-order valence-electron chi connectivity index (χ2n) is 6.09. The topological polar surface area (TPSA) is 46.9 Å². The average molecular weight is 355 g/mol. The minimum absolute atomic E-state index is 0.225. The molecule has 1 N–H and O–H groups in total. The molecule has 2 aromatic heterocycles. The first-order chi connectivity index (χ1) is 12.5. The van der Waals surface area contributed by atoms with Crippen LogP contribution in [0, 0.1) is 25.5 Å². The number of hydrogen-bond donors (Lipinski definition) is 1. The standard InChI is InChI=1S/C20H19F2N3O/c1-13-9-18(14(2)25(13)19-5-3-4-7-23-19)20(26)24-8-6-15-10-16(21)12-17(22)11-15/h3-5,7,9-12H,6,8H2,1-2H3,(H,24,26). The normalized spacial score (nSPS) is 10.8. The van der Waals surface area contributed by atoms with Crippen molar-refractivity contribution >= 4 is 5.91 Å². The Morgan fingerprint density at radius 1 is 1.12 bits per heavy atom. The van der Waals surface area contributed by atoms with Crippen molar-refractivity contribution in [1.82, 2.24) is 14.9 Å². The van der Waals surface area contributed by atoms with Gasteiger partial charge in [0.15, 0.2) is 0 Å².